The second-order valence-electron chi connectivity index (χ2n) is 7.63. The third kappa shape index (κ3) is 4.76. The maximum atomic E-state index is 13.0. The fourth-order valence-corrected chi connectivity index (χ4v) is 3.82. The van der Waals surface area contributed by atoms with Crippen LogP contribution in [-0.4, -0.2) is 35.6 Å². The van der Waals surface area contributed by atoms with Gasteiger partial charge in [0.15, 0.2) is 5.82 Å². The van der Waals surface area contributed by atoms with Crippen LogP contribution in [0.2, 0.25) is 0 Å². The maximum absolute atomic E-state index is 13.0. The average molecular weight is 444 g/mol. The van der Waals surface area contributed by atoms with Gasteiger partial charge in [0.2, 0.25) is 5.91 Å². The van der Waals surface area contributed by atoms with Crippen molar-refractivity contribution in [2.45, 2.75) is 25.9 Å². The van der Waals surface area contributed by atoms with E-state index < -0.39 is 17.7 Å². The minimum atomic E-state index is -4.47. The fourth-order valence-electron chi connectivity index (χ4n) is 3.82. The summed E-state index contributed by atoms with van der Waals surface area (Å²) in [7, 11) is 0. The van der Waals surface area contributed by atoms with Crippen molar-refractivity contribution >= 4 is 28.4 Å². The number of aromatic nitrogens is 2. The number of piperidine rings is 1. The van der Waals surface area contributed by atoms with Gasteiger partial charge in [-0.3, -0.25) is 4.79 Å². The number of hydrogen-bond acceptors (Lipinski definition) is 5. The predicted octanol–water partition coefficient (Wildman–Crippen LogP) is 4.90. The van der Waals surface area contributed by atoms with E-state index in [1.165, 1.54) is 12.1 Å². The SMILES string of the molecule is CCOc1nc2ccccc2nc1N1CCC[C@@H](C(=O)Nc2cccc(C(F)(F)F)c2)C1. The second kappa shape index (κ2) is 9.02. The van der Waals surface area contributed by atoms with E-state index in [1.807, 2.05) is 36.1 Å². The largest absolute Gasteiger partial charge is 0.475 e. The molecule has 0 spiro atoms. The van der Waals surface area contributed by atoms with E-state index in [1.54, 1.807) is 0 Å². The van der Waals surface area contributed by atoms with Crippen LogP contribution in [0.5, 0.6) is 5.88 Å². The lowest BCUT2D eigenvalue weighted by Crippen LogP contribution is -2.41. The number of benzene rings is 2. The lowest BCUT2D eigenvalue weighted by Gasteiger charge is -2.33. The molecular formula is C23H23F3N4O2. The van der Waals surface area contributed by atoms with E-state index in [0.29, 0.717) is 37.8 Å². The normalized spacial score (nSPS) is 16.8. The van der Waals surface area contributed by atoms with Gasteiger partial charge < -0.3 is 15.0 Å². The summed E-state index contributed by atoms with van der Waals surface area (Å²) < 4.78 is 44.6. The number of hydrogen-bond donors (Lipinski definition) is 1. The van der Waals surface area contributed by atoms with Crippen LogP contribution in [0.3, 0.4) is 0 Å². The summed E-state index contributed by atoms with van der Waals surface area (Å²) in [6, 6.07) is 12.1. The number of para-hydroxylation sites is 2. The maximum Gasteiger partial charge on any atom is 0.416 e. The molecule has 32 heavy (non-hydrogen) atoms. The molecule has 1 saturated heterocycles. The number of carbonyl (C=O) groups excluding carboxylic acids is 1. The van der Waals surface area contributed by atoms with Crippen LogP contribution in [0, 0.1) is 5.92 Å². The highest BCUT2D eigenvalue weighted by Crippen LogP contribution is 2.32. The number of nitrogens with one attached hydrogen (secondary N) is 1. The number of ether oxygens (including phenoxy) is 1. The first-order chi connectivity index (χ1) is 15.3. The molecule has 168 valence electrons. The van der Waals surface area contributed by atoms with Gasteiger partial charge in [-0.15, -0.1) is 0 Å². The summed E-state index contributed by atoms with van der Waals surface area (Å²) in [4.78, 5) is 24.1. The fraction of sp³-hybridized carbons (Fsp3) is 0.348. The van der Waals surface area contributed by atoms with E-state index in [-0.39, 0.29) is 11.6 Å². The van der Waals surface area contributed by atoms with Gasteiger partial charge in [-0.1, -0.05) is 18.2 Å². The highest BCUT2D eigenvalue weighted by molar-refractivity contribution is 5.93. The molecule has 0 saturated carbocycles. The lowest BCUT2D eigenvalue weighted by molar-refractivity contribution is -0.137. The second-order valence-corrected chi connectivity index (χ2v) is 7.63. The van der Waals surface area contributed by atoms with Crippen LogP contribution in [0.1, 0.15) is 25.3 Å². The van der Waals surface area contributed by atoms with E-state index in [9.17, 15) is 18.0 Å². The average Bonchev–Trinajstić information content (AvgIpc) is 2.78. The standard InChI is InChI=1S/C23H23F3N4O2/c1-2-32-22-20(28-18-10-3-4-11-19(18)29-22)30-12-6-7-15(14-30)21(31)27-17-9-5-8-16(13-17)23(24,25)26/h3-5,8-11,13,15H,2,6-7,12,14H2,1H3,(H,27,31)/t15-/m1/s1. The molecule has 1 aromatic heterocycles. The molecule has 0 aliphatic carbocycles. The van der Waals surface area contributed by atoms with E-state index in [2.05, 4.69) is 10.3 Å². The number of alkyl halides is 3. The first kappa shape index (κ1) is 21.9. The lowest BCUT2D eigenvalue weighted by atomic mass is 9.97. The Morgan fingerprint density at radius 3 is 2.62 bits per heavy atom. The summed E-state index contributed by atoms with van der Waals surface area (Å²) in [5, 5.41) is 2.63. The van der Waals surface area contributed by atoms with Crippen molar-refractivity contribution in [1.82, 2.24) is 9.97 Å². The third-order valence-corrected chi connectivity index (χ3v) is 5.35. The third-order valence-electron chi connectivity index (χ3n) is 5.35. The summed E-state index contributed by atoms with van der Waals surface area (Å²) in [5.74, 6) is 0.258. The van der Waals surface area contributed by atoms with Gasteiger partial charge in [-0.05, 0) is 50.1 Å². The molecule has 2 aromatic carbocycles. The van der Waals surface area contributed by atoms with Gasteiger partial charge >= 0.3 is 6.18 Å². The van der Waals surface area contributed by atoms with Gasteiger partial charge in [0, 0.05) is 18.8 Å². The molecule has 0 bridgehead atoms. The number of fused-ring (bicyclic) bond motifs is 1. The van der Waals surface area contributed by atoms with Crippen molar-refractivity contribution in [3.63, 3.8) is 0 Å². The Labute approximate surface area is 183 Å². The van der Waals surface area contributed by atoms with Gasteiger partial charge in [-0.25, -0.2) is 9.97 Å². The summed E-state index contributed by atoms with van der Waals surface area (Å²) in [6.07, 6.45) is -3.10. The molecule has 1 aliphatic heterocycles. The van der Waals surface area contributed by atoms with Crippen molar-refractivity contribution in [1.29, 1.82) is 0 Å². The van der Waals surface area contributed by atoms with Crippen molar-refractivity contribution in [3.05, 3.63) is 54.1 Å². The molecule has 2 heterocycles. The zero-order valence-electron chi connectivity index (χ0n) is 17.5. The van der Waals surface area contributed by atoms with Crippen LogP contribution < -0.4 is 15.0 Å². The Bertz CT molecular complexity index is 1120. The molecular weight excluding hydrogens is 421 g/mol. The monoisotopic (exact) mass is 444 g/mol. The highest BCUT2D eigenvalue weighted by atomic mass is 19.4. The van der Waals surface area contributed by atoms with Crippen LogP contribution in [0.15, 0.2) is 48.5 Å². The predicted molar refractivity (Wildman–Crippen MR) is 116 cm³/mol. The number of amides is 1. The van der Waals surface area contributed by atoms with Crippen molar-refractivity contribution in [2.75, 3.05) is 29.9 Å². The van der Waals surface area contributed by atoms with Gasteiger partial charge in [-0.2, -0.15) is 13.2 Å². The van der Waals surface area contributed by atoms with Gasteiger partial charge in [0.25, 0.3) is 5.88 Å². The van der Waals surface area contributed by atoms with Crippen molar-refractivity contribution in [3.8, 4) is 5.88 Å². The molecule has 0 radical (unpaired) electrons. The number of rotatable bonds is 5. The molecule has 6 nitrogen and oxygen atoms in total. The van der Waals surface area contributed by atoms with Crippen LogP contribution >= 0.6 is 0 Å². The van der Waals surface area contributed by atoms with E-state index >= 15 is 0 Å². The first-order valence-corrected chi connectivity index (χ1v) is 10.5. The van der Waals surface area contributed by atoms with Crippen molar-refractivity contribution in [2.24, 2.45) is 5.92 Å². The van der Waals surface area contributed by atoms with Gasteiger partial charge in [0.05, 0.1) is 29.1 Å². The number of halogens is 3. The topological polar surface area (TPSA) is 67.4 Å². The molecule has 3 aromatic rings. The van der Waals surface area contributed by atoms with Crippen LogP contribution in [0.4, 0.5) is 24.7 Å². The zero-order chi connectivity index (χ0) is 22.7. The Morgan fingerprint density at radius 1 is 1.16 bits per heavy atom. The molecule has 9 heteroatoms. The molecule has 1 fully saturated rings. The Kier molecular flexibility index (Phi) is 6.16. The quantitative estimate of drug-likeness (QED) is 0.606. The molecule has 0 unspecified atom stereocenters. The minimum Gasteiger partial charge on any atom is -0.475 e. The number of carbonyl (C=O) groups is 1. The number of anilines is 2. The molecule has 1 aliphatic rings. The zero-order valence-corrected chi connectivity index (χ0v) is 17.5. The summed E-state index contributed by atoms with van der Waals surface area (Å²) >= 11 is 0. The molecule has 4 rings (SSSR count). The summed E-state index contributed by atoms with van der Waals surface area (Å²) in [5.41, 5.74) is 0.771. The van der Waals surface area contributed by atoms with Gasteiger partial charge in [0.1, 0.15) is 0 Å². The first-order valence-electron chi connectivity index (χ1n) is 10.5. The molecule has 1 N–H and O–H groups in total. The smallest absolute Gasteiger partial charge is 0.416 e. The van der Waals surface area contributed by atoms with Crippen LogP contribution in [0.25, 0.3) is 11.0 Å². The Hall–Kier alpha value is -3.36. The van der Waals surface area contributed by atoms with Crippen molar-refractivity contribution < 1.29 is 22.7 Å². The molecule has 1 atom stereocenters. The minimum absolute atomic E-state index is 0.127. The van der Waals surface area contributed by atoms with Crippen LogP contribution in [-0.2, 0) is 11.0 Å². The Balaban J connectivity index is 1.53. The molecule has 1 amide bonds. The number of nitrogens with zero attached hydrogens (tertiary/aromatic N) is 3. The highest BCUT2D eigenvalue weighted by Gasteiger charge is 2.32. The van der Waals surface area contributed by atoms with E-state index in [0.717, 1.165) is 29.6 Å². The van der Waals surface area contributed by atoms with E-state index in [4.69, 9.17) is 9.72 Å². The Morgan fingerprint density at radius 2 is 1.91 bits per heavy atom. The summed E-state index contributed by atoms with van der Waals surface area (Å²) in [6.45, 7) is 3.34.